The molecule has 0 amide bonds. The molecular weight excluding hydrogens is 198 g/mol. The number of aryl methyl sites for hydroxylation is 1. The zero-order chi connectivity index (χ0) is 11.8. The van der Waals surface area contributed by atoms with Crippen molar-refractivity contribution in [1.82, 2.24) is 14.8 Å². The minimum atomic E-state index is 0.796. The van der Waals surface area contributed by atoms with Crippen LogP contribution in [0.5, 0.6) is 0 Å². The Hall–Kier alpha value is -1.64. The van der Waals surface area contributed by atoms with Crippen LogP contribution in [0.25, 0.3) is 0 Å². The molecule has 0 bridgehead atoms. The molecule has 0 spiro atoms. The van der Waals surface area contributed by atoms with E-state index in [0.717, 1.165) is 13.0 Å². The van der Waals surface area contributed by atoms with Gasteiger partial charge in [-0.25, -0.2) is 9.67 Å². The fourth-order valence-corrected chi connectivity index (χ4v) is 1.38. The van der Waals surface area contributed by atoms with Gasteiger partial charge in [0.25, 0.3) is 0 Å². The maximum Gasteiger partial charge on any atom is 0.137 e. The molecule has 0 aliphatic rings. The van der Waals surface area contributed by atoms with Gasteiger partial charge < -0.3 is 0 Å². The molecule has 0 aliphatic carbocycles. The highest BCUT2D eigenvalue weighted by molar-refractivity contribution is 5.22. The molecule has 2 rings (SSSR count). The van der Waals surface area contributed by atoms with Crippen molar-refractivity contribution >= 4 is 0 Å². The van der Waals surface area contributed by atoms with E-state index < -0.39 is 0 Å². The maximum absolute atomic E-state index is 4.06. The van der Waals surface area contributed by atoms with E-state index in [2.05, 4.69) is 41.3 Å². The van der Waals surface area contributed by atoms with Gasteiger partial charge in [-0.2, -0.15) is 5.10 Å². The van der Waals surface area contributed by atoms with Gasteiger partial charge in [0.15, 0.2) is 0 Å². The summed E-state index contributed by atoms with van der Waals surface area (Å²) in [6.45, 7) is 6.95. The Labute approximate surface area is 97.1 Å². The van der Waals surface area contributed by atoms with Gasteiger partial charge in [-0.3, -0.25) is 0 Å². The van der Waals surface area contributed by atoms with Crippen LogP contribution in [0.2, 0.25) is 0 Å². The quantitative estimate of drug-likeness (QED) is 0.791. The smallest absolute Gasteiger partial charge is 0.137 e. The Morgan fingerprint density at radius 2 is 1.69 bits per heavy atom. The summed E-state index contributed by atoms with van der Waals surface area (Å²) in [5.74, 6) is 0. The maximum atomic E-state index is 4.06. The molecule has 16 heavy (non-hydrogen) atoms. The van der Waals surface area contributed by atoms with E-state index in [-0.39, 0.29) is 0 Å². The fraction of sp³-hybridized carbons (Fsp3) is 0.385. The average molecular weight is 217 g/mol. The largest absolute Gasteiger partial charge is 0.249 e. The van der Waals surface area contributed by atoms with Gasteiger partial charge in [-0.15, -0.1) is 0 Å². The zero-order valence-electron chi connectivity index (χ0n) is 10.2. The number of benzene rings is 1. The van der Waals surface area contributed by atoms with Crippen LogP contribution >= 0.6 is 0 Å². The SMILES string of the molecule is CC.CCc1ccc(Cn2cncn2)cc1. The topological polar surface area (TPSA) is 30.7 Å². The highest BCUT2D eigenvalue weighted by Gasteiger charge is 1.95. The molecule has 0 unspecified atom stereocenters. The van der Waals surface area contributed by atoms with Gasteiger partial charge in [0.2, 0.25) is 0 Å². The van der Waals surface area contributed by atoms with Crippen LogP contribution in [0.4, 0.5) is 0 Å². The van der Waals surface area contributed by atoms with Gasteiger partial charge in [0, 0.05) is 0 Å². The van der Waals surface area contributed by atoms with Crippen LogP contribution in [0, 0.1) is 0 Å². The summed E-state index contributed by atoms with van der Waals surface area (Å²) in [4.78, 5) is 3.90. The van der Waals surface area contributed by atoms with Crippen LogP contribution in [-0.2, 0) is 13.0 Å². The van der Waals surface area contributed by atoms with E-state index in [9.17, 15) is 0 Å². The molecule has 1 aromatic carbocycles. The summed E-state index contributed by atoms with van der Waals surface area (Å²) in [5, 5.41) is 4.06. The Bertz CT molecular complexity index is 376. The van der Waals surface area contributed by atoms with Crippen LogP contribution in [0.15, 0.2) is 36.9 Å². The lowest BCUT2D eigenvalue weighted by Crippen LogP contribution is -1.99. The fourth-order valence-electron chi connectivity index (χ4n) is 1.38. The van der Waals surface area contributed by atoms with Gasteiger partial charge in [-0.1, -0.05) is 45.0 Å². The monoisotopic (exact) mass is 217 g/mol. The van der Waals surface area contributed by atoms with E-state index in [1.165, 1.54) is 11.1 Å². The third-order valence-electron chi connectivity index (χ3n) is 2.24. The van der Waals surface area contributed by atoms with E-state index in [1.807, 2.05) is 18.5 Å². The number of aromatic nitrogens is 3. The first kappa shape index (κ1) is 12.4. The molecule has 3 nitrogen and oxygen atoms in total. The first-order valence-corrected chi connectivity index (χ1v) is 5.78. The summed E-state index contributed by atoms with van der Waals surface area (Å²) in [6.07, 6.45) is 4.37. The number of hydrogen-bond acceptors (Lipinski definition) is 2. The second-order valence-corrected chi connectivity index (χ2v) is 3.26. The lowest BCUT2D eigenvalue weighted by molar-refractivity contribution is 0.684. The van der Waals surface area contributed by atoms with Crippen LogP contribution < -0.4 is 0 Å². The van der Waals surface area contributed by atoms with Crippen molar-refractivity contribution in [3.63, 3.8) is 0 Å². The summed E-state index contributed by atoms with van der Waals surface area (Å²) >= 11 is 0. The molecule has 3 heteroatoms. The highest BCUT2D eigenvalue weighted by Crippen LogP contribution is 2.05. The summed E-state index contributed by atoms with van der Waals surface area (Å²) < 4.78 is 1.82. The first-order chi connectivity index (χ1) is 7.88. The highest BCUT2D eigenvalue weighted by atomic mass is 15.3. The first-order valence-electron chi connectivity index (χ1n) is 5.78. The summed E-state index contributed by atoms with van der Waals surface area (Å²) in [6, 6.07) is 8.60. The normalized spacial score (nSPS) is 9.44. The van der Waals surface area contributed by atoms with Crippen molar-refractivity contribution in [1.29, 1.82) is 0 Å². The van der Waals surface area contributed by atoms with Crippen LogP contribution in [-0.4, -0.2) is 14.8 Å². The molecule has 2 aromatic rings. The van der Waals surface area contributed by atoms with E-state index in [1.54, 1.807) is 12.7 Å². The molecular formula is C13H19N3. The van der Waals surface area contributed by atoms with Crippen molar-refractivity contribution in [2.24, 2.45) is 0 Å². The molecule has 1 aromatic heterocycles. The van der Waals surface area contributed by atoms with Crippen LogP contribution in [0.1, 0.15) is 31.9 Å². The number of hydrogen-bond donors (Lipinski definition) is 0. The Balaban J connectivity index is 0.000000606. The summed E-state index contributed by atoms with van der Waals surface area (Å²) in [5.41, 5.74) is 2.63. The van der Waals surface area contributed by atoms with Crippen molar-refractivity contribution in [3.05, 3.63) is 48.0 Å². The molecule has 86 valence electrons. The molecule has 0 fully saturated rings. The van der Waals surface area contributed by atoms with Crippen molar-refractivity contribution in [2.75, 3.05) is 0 Å². The molecule has 1 heterocycles. The van der Waals surface area contributed by atoms with E-state index in [0.29, 0.717) is 0 Å². The number of nitrogens with zero attached hydrogens (tertiary/aromatic N) is 3. The third kappa shape index (κ3) is 3.50. The molecule has 0 N–H and O–H groups in total. The van der Waals surface area contributed by atoms with Gasteiger partial charge in [0.05, 0.1) is 6.54 Å². The second kappa shape index (κ2) is 6.77. The minimum absolute atomic E-state index is 0.796. The standard InChI is InChI=1S/C11H13N3.C2H6/c1-2-10-3-5-11(6-4-10)7-14-9-12-8-13-14;1-2/h3-6,8-9H,2,7H2,1H3;1-2H3. The van der Waals surface area contributed by atoms with E-state index >= 15 is 0 Å². The lowest BCUT2D eigenvalue weighted by Gasteiger charge is -2.02. The zero-order valence-corrected chi connectivity index (χ0v) is 10.2. The molecule has 0 radical (unpaired) electrons. The van der Waals surface area contributed by atoms with Crippen molar-refractivity contribution in [2.45, 2.75) is 33.7 Å². The van der Waals surface area contributed by atoms with Crippen molar-refractivity contribution in [3.8, 4) is 0 Å². The predicted octanol–water partition coefficient (Wildman–Crippen LogP) is 2.92. The average Bonchev–Trinajstić information content (AvgIpc) is 2.86. The Morgan fingerprint density at radius 1 is 1.06 bits per heavy atom. The Morgan fingerprint density at radius 3 is 2.19 bits per heavy atom. The molecule has 0 saturated heterocycles. The predicted molar refractivity (Wildman–Crippen MR) is 66.3 cm³/mol. The number of rotatable bonds is 3. The third-order valence-corrected chi connectivity index (χ3v) is 2.24. The van der Waals surface area contributed by atoms with Crippen molar-refractivity contribution < 1.29 is 0 Å². The van der Waals surface area contributed by atoms with Gasteiger partial charge in [0.1, 0.15) is 12.7 Å². The lowest BCUT2D eigenvalue weighted by atomic mass is 10.1. The van der Waals surface area contributed by atoms with Gasteiger partial charge >= 0.3 is 0 Å². The van der Waals surface area contributed by atoms with E-state index in [4.69, 9.17) is 0 Å². The minimum Gasteiger partial charge on any atom is -0.249 e. The summed E-state index contributed by atoms with van der Waals surface area (Å²) in [7, 11) is 0. The van der Waals surface area contributed by atoms with Crippen LogP contribution in [0.3, 0.4) is 0 Å². The molecule has 0 aliphatic heterocycles. The molecule has 0 atom stereocenters. The Kier molecular flexibility index (Phi) is 5.26. The second-order valence-electron chi connectivity index (χ2n) is 3.26. The molecule has 0 saturated carbocycles. The van der Waals surface area contributed by atoms with Gasteiger partial charge in [-0.05, 0) is 17.5 Å².